The van der Waals surface area contributed by atoms with Crippen LogP contribution in [0.3, 0.4) is 0 Å². The number of fused-ring (bicyclic) bond motifs is 1. The molecular formula is C21H19N3O3S. The van der Waals surface area contributed by atoms with Crippen LogP contribution in [0.15, 0.2) is 47.1 Å². The highest BCUT2D eigenvalue weighted by Gasteiger charge is 2.17. The Morgan fingerprint density at radius 2 is 1.93 bits per heavy atom. The number of hydrogen-bond acceptors (Lipinski definition) is 6. The smallest absolute Gasteiger partial charge is 0.261 e. The van der Waals surface area contributed by atoms with Crippen molar-refractivity contribution in [2.75, 3.05) is 5.32 Å². The molecule has 2 aromatic carbocycles. The molecule has 142 valence electrons. The van der Waals surface area contributed by atoms with E-state index in [4.69, 9.17) is 9.26 Å². The monoisotopic (exact) mass is 393 g/mol. The zero-order valence-corrected chi connectivity index (χ0v) is 16.6. The van der Waals surface area contributed by atoms with E-state index in [2.05, 4.69) is 15.5 Å². The van der Waals surface area contributed by atoms with Crippen molar-refractivity contribution in [3.63, 3.8) is 0 Å². The molecule has 0 atom stereocenters. The van der Waals surface area contributed by atoms with Gasteiger partial charge in [0.05, 0.1) is 16.8 Å². The highest BCUT2D eigenvalue weighted by Crippen LogP contribution is 2.29. The van der Waals surface area contributed by atoms with E-state index < -0.39 is 0 Å². The fourth-order valence-electron chi connectivity index (χ4n) is 2.95. The first kappa shape index (κ1) is 18.2. The second-order valence-electron chi connectivity index (χ2n) is 6.52. The molecule has 0 aliphatic rings. The Hall–Kier alpha value is -3.19. The predicted molar refractivity (Wildman–Crippen MR) is 109 cm³/mol. The number of ether oxygens (including phenoxy) is 1. The van der Waals surface area contributed by atoms with Crippen molar-refractivity contribution in [3.05, 3.63) is 70.1 Å². The van der Waals surface area contributed by atoms with E-state index in [1.165, 1.54) is 11.3 Å². The zero-order chi connectivity index (χ0) is 19.7. The molecule has 4 aromatic rings. The Morgan fingerprint density at radius 3 is 2.57 bits per heavy atom. The minimum Gasteiger partial charge on any atom is -0.488 e. The molecule has 2 heterocycles. The van der Waals surface area contributed by atoms with Crippen LogP contribution in [-0.4, -0.2) is 16.0 Å². The molecule has 6 nitrogen and oxygen atoms in total. The van der Waals surface area contributed by atoms with Crippen molar-refractivity contribution in [1.82, 2.24) is 10.1 Å². The molecule has 0 radical (unpaired) electrons. The molecule has 0 aliphatic heterocycles. The third-order valence-electron chi connectivity index (χ3n) is 4.49. The number of aryl methyl sites for hydroxylation is 3. The summed E-state index contributed by atoms with van der Waals surface area (Å²) >= 11 is 1.43. The molecule has 0 unspecified atom stereocenters. The average Bonchev–Trinajstić information content (AvgIpc) is 3.24. The van der Waals surface area contributed by atoms with Gasteiger partial charge in [-0.15, -0.1) is 11.3 Å². The summed E-state index contributed by atoms with van der Waals surface area (Å²) in [7, 11) is 0. The summed E-state index contributed by atoms with van der Waals surface area (Å²) in [6.07, 6.45) is 1.73. The number of anilines is 1. The van der Waals surface area contributed by atoms with Gasteiger partial charge in [0.2, 0.25) is 0 Å². The summed E-state index contributed by atoms with van der Waals surface area (Å²) in [5.74, 6) is 0.959. The number of aromatic nitrogens is 2. The van der Waals surface area contributed by atoms with Gasteiger partial charge in [0, 0.05) is 11.1 Å². The molecular weight excluding hydrogens is 374 g/mol. The summed E-state index contributed by atoms with van der Waals surface area (Å²) in [6.45, 7) is 5.93. The van der Waals surface area contributed by atoms with Crippen LogP contribution in [0.4, 0.5) is 5.13 Å². The maximum absolute atomic E-state index is 12.9. The van der Waals surface area contributed by atoms with Gasteiger partial charge >= 0.3 is 0 Å². The van der Waals surface area contributed by atoms with E-state index in [-0.39, 0.29) is 12.5 Å². The van der Waals surface area contributed by atoms with E-state index in [1.54, 1.807) is 6.20 Å². The van der Waals surface area contributed by atoms with Gasteiger partial charge in [-0.2, -0.15) is 0 Å². The van der Waals surface area contributed by atoms with Crippen LogP contribution in [0.5, 0.6) is 5.75 Å². The molecule has 4 rings (SSSR count). The van der Waals surface area contributed by atoms with Crippen molar-refractivity contribution < 1.29 is 14.1 Å². The first-order valence-electron chi connectivity index (χ1n) is 8.82. The lowest BCUT2D eigenvalue weighted by Gasteiger charge is -2.13. The van der Waals surface area contributed by atoms with Crippen LogP contribution < -0.4 is 10.1 Å². The van der Waals surface area contributed by atoms with Gasteiger partial charge in [-0.1, -0.05) is 29.4 Å². The third kappa shape index (κ3) is 3.61. The molecule has 0 saturated carbocycles. The fourth-order valence-corrected chi connectivity index (χ4v) is 3.61. The first-order chi connectivity index (χ1) is 13.5. The maximum atomic E-state index is 12.9. The number of amides is 1. The molecule has 1 N–H and O–H groups in total. The van der Waals surface area contributed by atoms with Gasteiger partial charge in [0.25, 0.3) is 5.91 Å². The molecule has 1 amide bonds. The predicted octanol–water partition coefficient (Wildman–Crippen LogP) is 5.04. The SMILES string of the molecule is Cc1cnc(NC(=O)c2cc3ccccc3cc2OCc2c(C)noc2C)s1. The molecule has 0 bridgehead atoms. The third-order valence-corrected chi connectivity index (χ3v) is 5.32. The van der Waals surface area contributed by atoms with Crippen molar-refractivity contribution >= 4 is 33.1 Å². The van der Waals surface area contributed by atoms with Crippen molar-refractivity contribution in [3.8, 4) is 5.75 Å². The Kier molecular flexibility index (Phi) is 4.83. The van der Waals surface area contributed by atoms with Gasteiger partial charge in [0.15, 0.2) is 5.13 Å². The molecule has 0 aliphatic carbocycles. The molecule has 28 heavy (non-hydrogen) atoms. The lowest BCUT2D eigenvalue weighted by molar-refractivity contribution is 0.102. The van der Waals surface area contributed by atoms with Gasteiger partial charge in [0.1, 0.15) is 18.1 Å². The number of carbonyl (C=O) groups is 1. The number of thiazole rings is 1. The van der Waals surface area contributed by atoms with E-state index >= 15 is 0 Å². The minimum atomic E-state index is -0.256. The zero-order valence-electron chi connectivity index (χ0n) is 15.8. The second kappa shape index (κ2) is 7.44. The van der Waals surface area contributed by atoms with Gasteiger partial charge in [-0.3, -0.25) is 10.1 Å². The molecule has 0 saturated heterocycles. The summed E-state index contributed by atoms with van der Waals surface area (Å²) in [5, 5.41) is 9.34. The van der Waals surface area contributed by atoms with Gasteiger partial charge in [-0.05, 0) is 43.7 Å². The van der Waals surface area contributed by atoms with Crippen LogP contribution >= 0.6 is 11.3 Å². The Morgan fingerprint density at radius 1 is 1.18 bits per heavy atom. The van der Waals surface area contributed by atoms with Crippen LogP contribution in [0.25, 0.3) is 10.8 Å². The molecule has 7 heteroatoms. The quantitative estimate of drug-likeness (QED) is 0.514. The van der Waals surface area contributed by atoms with E-state index in [1.807, 2.05) is 57.2 Å². The lowest BCUT2D eigenvalue weighted by atomic mass is 10.1. The van der Waals surface area contributed by atoms with Crippen LogP contribution in [-0.2, 0) is 6.61 Å². The van der Waals surface area contributed by atoms with Crippen LogP contribution in [0, 0.1) is 20.8 Å². The van der Waals surface area contributed by atoms with Crippen molar-refractivity contribution in [2.45, 2.75) is 27.4 Å². The van der Waals surface area contributed by atoms with Gasteiger partial charge in [-0.25, -0.2) is 4.98 Å². The van der Waals surface area contributed by atoms with E-state index in [9.17, 15) is 4.79 Å². The summed E-state index contributed by atoms with van der Waals surface area (Å²) in [6, 6.07) is 11.6. The Labute approximate surface area is 166 Å². The van der Waals surface area contributed by atoms with Gasteiger partial charge < -0.3 is 9.26 Å². The summed E-state index contributed by atoms with van der Waals surface area (Å²) in [5.41, 5.74) is 2.12. The maximum Gasteiger partial charge on any atom is 0.261 e. The lowest BCUT2D eigenvalue weighted by Crippen LogP contribution is -2.14. The molecule has 2 aromatic heterocycles. The molecule has 0 fully saturated rings. The fraction of sp³-hybridized carbons (Fsp3) is 0.190. The normalized spacial score (nSPS) is 11.0. The first-order valence-corrected chi connectivity index (χ1v) is 9.64. The second-order valence-corrected chi connectivity index (χ2v) is 7.75. The van der Waals surface area contributed by atoms with Crippen molar-refractivity contribution in [1.29, 1.82) is 0 Å². The highest BCUT2D eigenvalue weighted by atomic mass is 32.1. The largest absolute Gasteiger partial charge is 0.488 e. The number of rotatable bonds is 5. The summed E-state index contributed by atoms with van der Waals surface area (Å²) < 4.78 is 11.2. The number of carbonyl (C=O) groups excluding carboxylic acids is 1. The molecule has 0 spiro atoms. The average molecular weight is 393 g/mol. The Bertz CT molecular complexity index is 1140. The van der Waals surface area contributed by atoms with E-state index in [0.717, 1.165) is 26.9 Å². The standard InChI is InChI=1S/C21H19N3O3S/c1-12-10-22-21(28-12)23-20(25)17-8-15-6-4-5-7-16(15)9-19(17)26-11-18-13(2)24-27-14(18)3/h4-10H,11H2,1-3H3,(H,22,23,25). The van der Waals surface area contributed by atoms with Crippen LogP contribution in [0.2, 0.25) is 0 Å². The number of nitrogens with one attached hydrogen (secondary N) is 1. The number of benzene rings is 2. The number of hydrogen-bond donors (Lipinski definition) is 1. The summed E-state index contributed by atoms with van der Waals surface area (Å²) in [4.78, 5) is 18.2. The minimum absolute atomic E-state index is 0.256. The van der Waals surface area contributed by atoms with Crippen LogP contribution in [0.1, 0.15) is 32.3 Å². The number of nitrogens with zero attached hydrogens (tertiary/aromatic N) is 2. The highest BCUT2D eigenvalue weighted by molar-refractivity contribution is 7.15. The Balaban J connectivity index is 1.68. The van der Waals surface area contributed by atoms with E-state index in [0.29, 0.717) is 22.2 Å². The topological polar surface area (TPSA) is 77.2 Å². The van der Waals surface area contributed by atoms with Crippen molar-refractivity contribution in [2.24, 2.45) is 0 Å².